The number of hydrogen-bond donors (Lipinski definition) is 0. The van der Waals surface area contributed by atoms with Gasteiger partial charge in [-0.3, -0.25) is 9.80 Å². The van der Waals surface area contributed by atoms with E-state index in [9.17, 15) is 4.79 Å². The van der Waals surface area contributed by atoms with Crippen LogP contribution in [0, 0.1) is 13.8 Å². The van der Waals surface area contributed by atoms with Crippen molar-refractivity contribution in [3.8, 4) is 5.75 Å². The van der Waals surface area contributed by atoms with Crippen LogP contribution in [-0.2, 0) is 19.5 Å². The number of benzene rings is 2. The van der Waals surface area contributed by atoms with E-state index >= 15 is 0 Å². The number of rotatable bonds is 7. The molecule has 0 aliphatic carbocycles. The van der Waals surface area contributed by atoms with Gasteiger partial charge in [-0.2, -0.15) is 0 Å². The van der Waals surface area contributed by atoms with Gasteiger partial charge >= 0.3 is 6.03 Å². The van der Waals surface area contributed by atoms with Crippen LogP contribution in [0.4, 0.5) is 22.1 Å². The molecule has 0 unspecified atom stereocenters. The molecule has 0 spiro atoms. The SMILES string of the molecule is COc1ccc(N2C(=O)N(c3c(C)cccc3C)Cc3cnc(Cc4ccc(CN5CCN(C)CC5)cc4)nc32)nc1. The largest absolute Gasteiger partial charge is 0.495 e. The number of hydrogen-bond acceptors (Lipinski definition) is 7. The number of ether oxygens (including phenoxy) is 1. The molecule has 0 N–H and O–H groups in total. The molecule has 0 saturated carbocycles. The van der Waals surface area contributed by atoms with Gasteiger partial charge < -0.3 is 9.64 Å². The van der Waals surface area contributed by atoms with Crippen molar-refractivity contribution >= 4 is 23.4 Å². The van der Waals surface area contributed by atoms with Gasteiger partial charge in [0.25, 0.3) is 0 Å². The number of para-hydroxylation sites is 1. The molecule has 0 bridgehead atoms. The number of aryl methyl sites for hydroxylation is 2. The summed E-state index contributed by atoms with van der Waals surface area (Å²) in [6.07, 6.45) is 4.04. The fourth-order valence-electron chi connectivity index (χ4n) is 5.72. The zero-order valence-corrected chi connectivity index (χ0v) is 24.7. The van der Waals surface area contributed by atoms with Crippen molar-refractivity contribution in [2.45, 2.75) is 33.4 Å². The van der Waals surface area contributed by atoms with Gasteiger partial charge in [-0.1, -0.05) is 42.5 Å². The third-order valence-electron chi connectivity index (χ3n) is 8.14. The molecule has 0 radical (unpaired) electrons. The molecule has 9 heteroatoms. The van der Waals surface area contributed by atoms with Crippen molar-refractivity contribution in [1.82, 2.24) is 24.8 Å². The van der Waals surface area contributed by atoms with Gasteiger partial charge in [0.15, 0.2) is 5.82 Å². The summed E-state index contributed by atoms with van der Waals surface area (Å²) in [7, 11) is 3.78. The second kappa shape index (κ2) is 11.9. The number of carbonyl (C=O) groups excluding carboxylic acids is 1. The van der Waals surface area contributed by atoms with Crippen LogP contribution in [0.15, 0.2) is 67.0 Å². The minimum Gasteiger partial charge on any atom is -0.495 e. The Morgan fingerprint density at radius 3 is 2.24 bits per heavy atom. The highest BCUT2D eigenvalue weighted by Crippen LogP contribution is 2.37. The first-order valence-electron chi connectivity index (χ1n) is 14.4. The highest BCUT2D eigenvalue weighted by molar-refractivity contribution is 6.10. The maximum Gasteiger partial charge on any atom is 0.336 e. The molecule has 6 rings (SSSR count). The summed E-state index contributed by atoms with van der Waals surface area (Å²) in [5.41, 5.74) is 6.26. The van der Waals surface area contributed by atoms with Crippen LogP contribution in [0.2, 0.25) is 0 Å². The van der Waals surface area contributed by atoms with E-state index in [1.54, 1.807) is 35.2 Å². The van der Waals surface area contributed by atoms with Gasteiger partial charge in [-0.25, -0.2) is 24.6 Å². The lowest BCUT2D eigenvalue weighted by Crippen LogP contribution is -2.46. The predicted octanol–water partition coefficient (Wildman–Crippen LogP) is 5.11. The first-order chi connectivity index (χ1) is 20.4. The molecule has 0 atom stereocenters. The van der Waals surface area contributed by atoms with E-state index in [0.29, 0.717) is 36.2 Å². The highest BCUT2D eigenvalue weighted by Gasteiger charge is 2.36. The molecule has 2 aromatic carbocycles. The number of carbonyl (C=O) groups is 1. The third kappa shape index (κ3) is 5.70. The van der Waals surface area contributed by atoms with Gasteiger partial charge in [0.1, 0.15) is 17.4 Å². The number of pyridine rings is 1. The predicted molar refractivity (Wildman–Crippen MR) is 164 cm³/mol. The summed E-state index contributed by atoms with van der Waals surface area (Å²) in [6.45, 7) is 9.82. The molecule has 1 saturated heterocycles. The average Bonchev–Trinajstić information content (AvgIpc) is 3.00. The molecule has 2 aliphatic rings. The standard InChI is InChI=1S/C33H37N7O2/c1-23-6-5-7-24(2)31(23)39-22-27-19-34-29(36-32(27)40(33(39)41)30-13-12-28(42-4)20-35-30)18-25-8-10-26(11-9-25)21-38-16-14-37(3)15-17-38/h5-13,19-20H,14-18,21-22H2,1-4H3. The normalized spacial score (nSPS) is 16.0. The Bertz CT molecular complexity index is 1540. The minimum atomic E-state index is -0.199. The average molecular weight is 564 g/mol. The van der Waals surface area contributed by atoms with Crippen molar-refractivity contribution in [2.24, 2.45) is 0 Å². The Morgan fingerprint density at radius 1 is 0.857 bits per heavy atom. The molecule has 2 aromatic heterocycles. The molecule has 1 fully saturated rings. The number of urea groups is 1. The Hall–Kier alpha value is -4.34. The Labute approximate surface area is 247 Å². The van der Waals surface area contributed by atoms with Gasteiger partial charge in [-0.15, -0.1) is 0 Å². The van der Waals surface area contributed by atoms with Crippen LogP contribution >= 0.6 is 0 Å². The highest BCUT2D eigenvalue weighted by atomic mass is 16.5. The Balaban J connectivity index is 1.28. The van der Waals surface area contributed by atoms with Gasteiger partial charge in [0.2, 0.25) is 0 Å². The molecule has 4 aromatic rings. The molecule has 2 amide bonds. The summed E-state index contributed by atoms with van der Waals surface area (Å²) >= 11 is 0. The Kier molecular flexibility index (Phi) is 7.86. The zero-order chi connectivity index (χ0) is 29.2. The Morgan fingerprint density at radius 2 is 1.57 bits per heavy atom. The topological polar surface area (TPSA) is 77.9 Å². The van der Waals surface area contributed by atoms with Crippen molar-refractivity contribution in [1.29, 1.82) is 0 Å². The number of aromatic nitrogens is 3. The molecular formula is C33H37N7O2. The van der Waals surface area contributed by atoms with Gasteiger partial charge in [0.05, 0.1) is 25.5 Å². The van der Waals surface area contributed by atoms with Gasteiger partial charge in [0, 0.05) is 50.9 Å². The fraction of sp³-hybridized carbons (Fsp3) is 0.333. The van der Waals surface area contributed by atoms with E-state index < -0.39 is 0 Å². The molecule has 4 heterocycles. The summed E-state index contributed by atoms with van der Waals surface area (Å²) < 4.78 is 5.31. The minimum absolute atomic E-state index is 0.199. The van der Waals surface area contributed by atoms with E-state index in [4.69, 9.17) is 14.7 Å². The van der Waals surface area contributed by atoms with E-state index in [0.717, 1.165) is 60.7 Å². The molecule has 9 nitrogen and oxygen atoms in total. The number of fused-ring (bicyclic) bond motifs is 1. The van der Waals surface area contributed by atoms with Crippen LogP contribution in [0.1, 0.15) is 33.6 Å². The quantitative estimate of drug-likeness (QED) is 0.309. The smallest absolute Gasteiger partial charge is 0.336 e. The lowest BCUT2D eigenvalue weighted by molar-refractivity contribution is 0.148. The maximum atomic E-state index is 14.2. The number of methoxy groups -OCH3 is 1. The van der Waals surface area contributed by atoms with E-state index in [2.05, 4.69) is 46.1 Å². The monoisotopic (exact) mass is 563 g/mol. The molecule has 2 aliphatic heterocycles. The summed E-state index contributed by atoms with van der Waals surface area (Å²) in [5, 5.41) is 0. The first-order valence-corrected chi connectivity index (χ1v) is 14.4. The van der Waals surface area contributed by atoms with Crippen molar-refractivity contribution in [2.75, 3.05) is 50.1 Å². The van der Waals surface area contributed by atoms with Crippen LogP contribution in [0.5, 0.6) is 5.75 Å². The molecule has 42 heavy (non-hydrogen) atoms. The second-order valence-corrected chi connectivity index (χ2v) is 11.2. The van der Waals surface area contributed by atoms with Crippen LogP contribution < -0.4 is 14.5 Å². The van der Waals surface area contributed by atoms with E-state index in [-0.39, 0.29) is 6.03 Å². The lowest BCUT2D eigenvalue weighted by atomic mass is 10.1. The lowest BCUT2D eigenvalue weighted by Gasteiger charge is -2.36. The van der Waals surface area contributed by atoms with E-state index in [1.165, 1.54) is 5.56 Å². The second-order valence-electron chi connectivity index (χ2n) is 11.2. The summed E-state index contributed by atoms with van der Waals surface area (Å²) in [6, 6.07) is 18.2. The summed E-state index contributed by atoms with van der Waals surface area (Å²) in [5.74, 6) is 2.33. The number of likely N-dealkylation sites (N-methyl/N-ethyl adjacent to an activating group) is 1. The zero-order valence-electron chi connectivity index (χ0n) is 24.7. The third-order valence-corrected chi connectivity index (χ3v) is 8.14. The molecular weight excluding hydrogens is 526 g/mol. The summed E-state index contributed by atoms with van der Waals surface area (Å²) in [4.78, 5) is 36.6. The first kappa shape index (κ1) is 27.8. The number of nitrogens with zero attached hydrogens (tertiary/aromatic N) is 7. The van der Waals surface area contributed by atoms with Crippen molar-refractivity contribution in [3.05, 3.63) is 101 Å². The number of anilines is 3. The van der Waals surface area contributed by atoms with Crippen molar-refractivity contribution < 1.29 is 9.53 Å². The van der Waals surface area contributed by atoms with Crippen LogP contribution in [-0.4, -0.2) is 71.1 Å². The van der Waals surface area contributed by atoms with E-state index in [1.807, 2.05) is 38.2 Å². The van der Waals surface area contributed by atoms with Gasteiger partial charge in [-0.05, 0) is 55.3 Å². The maximum absolute atomic E-state index is 14.2. The molecule has 216 valence electrons. The van der Waals surface area contributed by atoms with Crippen LogP contribution in [0.3, 0.4) is 0 Å². The van der Waals surface area contributed by atoms with Crippen molar-refractivity contribution in [3.63, 3.8) is 0 Å². The number of amides is 2. The number of piperazine rings is 1. The van der Waals surface area contributed by atoms with Crippen LogP contribution in [0.25, 0.3) is 0 Å². The fourth-order valence-corrected chi connectivity index (χ4v) is 5.72.